The van der Waals surface area contributed by atoms with Crippen LogP contribution in [0.25, 0.3) is 16.9 Å². The van der Waals surface area contributed by atoms with Gasteiger partial charge in [0.05, 0.1) is 28.4 Å². The first-order chi connectivity index (χ1) is 16.2. The van der Waals surface area contributed by atoms with E-state index in [1.54, 1.807) is 11.8 Å². The Labute approximate surface area is 192 Å². The molecule has 0 saturated carbocycles. The molecule has 0 unspecified atom stereocenters. The van der Waals surface area contributed by atoms with Crippen LogP contribution in [0.2, 0.25) is 0 Å². The van der Waals surface area contributed by atoms with Crippen LogP contribution < -0.4 is 4.74 Å². The van der Waals surface area contributed by atoms with Crippen molar-refractivity contribution in [3.63, 3.8) is 0 Å². The number of carbonyl (C=O) groups excluding carboxylic acids is 1. The van der Waals surface area contributed by atoms with Crippen molar-refractivity contribution in [1.29, 1.82) is 0 Å². The third-order valence-corrected chi connectivity index (χ3v) is 6.49. The van der Waals surface area contributed by atoms with Crippen molar-refractivity contribution in [2.45, 2.75) is 25.7 Å². The molecule has 0 spiro atoms. The molecule has 1 atom stereocenters. The average Bonchev–Trinajstić information content (AvgIpc) is 3.20. The van der Waals surface area contributed by atoms with E-state index in [1.165, 1.54) is 22.9 Å². The van der Waals surface area contributed by atoms with E-state index in [2.05, 4.69) is 21.7 Å². The molecule has 0 radical (unpaired) electrons. The molecule has 1 fully saturated rings. The lowest BCUT2D eigenvalue weighted by Gasteiger charge is -2.39. The summed E-state index contributed by atoms with van der Waals surface area (Å²) in [5.41, 5.74) is 0.301. The van der Waals surface area contributed by atoms with Gasteiger partial charge in [0.15, 0.2) is 5.65 Å². The van der Waals surface area contributed by atoms with Gasteiger partial charge in [-0.15, -0.1) is 10.2 Å². The topological polar surface area (TPSA) is 83.2 Å². The van der Waals surface area contributed by atoms with Crippen molar-refractivity contribution in [2.75, 3.05) is 26.2 Å². The number of carbonyl (C=O) groups is 1. The fraction of sp³-hybridized carbons (Fsp3) is 0.348. The van der Waals surface area contributed by atoms with E-state index < -0.39 is 17.5 Å². The maximum absolute atomic E-state index is 13.9. The highest BCUT2D eigenvalue weighted by atomic mass is 19.4. The summed E-state index contributed by atoms with van der Waals surface area (Å²) >= 11 is 0. The van der Waals surface area contributed by atoms with Crippen molar-refractivity contribution >= 4 is 11.6 Å². The average molecular weight is 473 g/mol. The highest BCUT2D eigenvalue weighted by Gasteiger charge is 2.38. The number of hydrogen-bond acceptors (Lipinski definition) is 6. The van der Waals surface area contributed by atoms with Gasteiger partial charge < -0.3 is 14.7 Å². The predicted molar refractivity (Wildman–Crippen MR) is 116 cm³/mol. The van der Waals surface area contributed by atoms with E-state index in [0.29, 0.717) is 48.7 Å². The summed E-state index contributed by atoms with van der Waals surface area (Å²) in [7, 11) is 0. The molecule has 5 rings (SSSR count). The zero-order valence-corrected chi connectivity index (χ0v) is 18.3. The van der Waals surface area contributed by atoms with Gasteiger partial charge in [0.1, 0.15) is 24.4 Å². The van der Waals surface area contributed by atoms with Crippen LogP contribution in [0, 0.1) is 6.92 Å². The highest BCUT2D eigenvalue weighted by Crippen LogP contribution is 2.46. The van der Waals surface area contributed by atoms with Gasteiger partial charge in [-0.05, 0) is 25.1 Å². The Morgan fingerprint density at radius 3 is 2.85 bits per heavy atom. The molecule has 178 valence electrons. The summed E-state index contributed by atoms with van der Waals surface area (Å²) in [6.07, 6.45) is -2.06. The lowest BCUT2D eigenvalue weighted by Crippen LogP contribution is -2.55. The first-order valence-electron chi connectivity index (χ1n) is 10.7. The molecule has 8 nitrogen and oxygen atoms in total. The van der Waals surface area contributed by atoms with E-state index in [0.717, 1.165) is 12.1 Å². The number of fused-ring (bicyclic) bond motifs is 4. The molecule has 1 amide bonds. The fourth-order valence-corrected chi connectivity index (χ4v) is 4.86. The molecule has 2 aliphatic rings. The van der Waals surface area contributed by atoms with Crippen LogP contribution in [0.5, 0.6) is 11.5 Å². The van der Waals surface area contributed by atoms with Crippen molar-refractivity contribution < 1.29 is 27.8 Å². The molecule has 4 heterocycles. The minimum Gasteiger partial charge on any atom is -0.507 e. The Morgan fingerprint density at radius 2 is 2.12 bits per heavy atom. The summed E-state index contributed by atoms with van der Waals surface area (Å²) in [4.78, 5) is 16.0. The summed E-state index contributed by atoms with van der Waals surface area (Å²) < 4.78 is 49.3. The molecule has 2 aromatic heterocycles. The van der Waals surface area contributed by atoms with Crippen molar-refractivity contribution in [2.24, 2.45) is 0 Å². The number of amides is 1. The first kappa shape index (κ1) is 22.2. The number of hydrogen-bond donors (Lipinski definition) is 1. The second kappa shape index (κ2) is 8.01. The smallest absolute Gasteiger partial charge is 0.417 e. The SMILES string of the molecule is C=CC(=O)N1CCN2Cc3c(c(C)c(-c4c(O)cccc4C(F)(F)F)n4cnnc34)OC[C@H]2C1. The normalized spacial score (nSPS) is 18.7. The molecule has 1 saturated heterocycles. The quantitative estimate of drug-likeness (QED) is 0.577. The molecule has 2 aliphatic heterocycles. The number of phenols is 1. The van der Waals surface area contributed by atoms with Gasteiger partial charge in [0, 0.05) is 31.7 Å². The van der Waals surface area contributed by atoms with Gasteiger partial charge in [-0.2, -0.15) is 13.2 Å². The van der Waals surface area contributed by atoms with Gasteiger partial charge >= 0.3 is 6.18 Å². The zero-order chi connectivity index (χ0) is 24.2. The summed E-state index contributed by atoms with van der Waals surface area (Å²) in [5, 5.41) is 18.6. The molecule has 0 bridgehead atoms. The Bertz CT molecular complexity index is 1300. The number of phenolic OH excluding ortho intramolecular Hbond substituents is 1. The number of benzene rings is 1. The number of ether oxygens (including phenoxy) is 1. The fourth-order valence-electron chi connectivity index (χ4n) is 4.86. The molecule has 3 aromatic rings. The summed E-state index contributed by atoms with van der Waals surface area (Å²) in [6, 6.07) is 3.21. The van der Waals surface area contributed by atoms with E-state index in [1.807, 2.05) is 0 Å². The van der Waals surface area contributed by atoms with Crippen LogP contribution in [0.4, 0.5) is 13.2 Å². The molecule has 1 N–H and O–H groups in total. The molecule has 11 heteroatoms. The molecule has 34 heavy (non-hydrogen) atoms. The van der Waals surface area contributed by atoms with E-state index in [-0.39, 0.29) is 29.8 Å². The third-order valence-electron chi connectivity index (χ3n) is 6.49. The lowest BCUT2D eigenvalue weighted by atomic mass is 9.97. The Hall–Kier alpha value is -3.60. The van der Waals surface area contributed by atoms with Crippen LogP contribution in [-0.4, -0.2) is 67.7 Å². The number of rotatable bonds is 2. The number of halogens is 3. The molecule has 0 aliphatic carbocycles. The van der Waals surface area contributed by atoms with E-state index >= 15 is 0 Å². The van der Waals surface area contributed by atoms with Gasteiger partial charge in [0.25, 0.3) is 0 Å². The molecular formula is C23H22F3N5O3. The Balaban J connectivity index is 1.66. The number of nitrogens with zero attached hydrogens (tertiary/aromatic N) is 5. The highest BCUT2D eigenvalue weighted by molar-refractivity contribution is 5.87. The van der Waals surface area contributed by atoms with Crippen molar-refractivity contribution in [3.05, 3.63) is 53.9 Å². The number of piperazine rings is 1. The van der Waals surface area contributed by atoms with Gasteiger partial charge in [-0.1, -0.05) is 12.6 Å². The van der Waals surface area contributed by atoms with Gasteiger partial charge in [-0.25, -0.2) is 0 Å². The van der Waals surface area contributed by atoms with Gasteiger partial charge in [-0.3, -0.25) is 14.1 Å². The predicted octanol–water partition coefficient (Wildman–Crippen LogP) is 3.02. The maximum atomic E-state index is 13.9. The van der Waals surface area contributed by atoms with Crippen LogP contribution in [0.3, 0.4) is 0 Å². The van der Waals surface area contributed by atoms with Crippen LogP contribution in [0.1, 0.15) is 16.7 Å². The monoisotopic (exact) mass is 473 g/mol. The number of aromatic hydroxyl groups is 1. The maximum Gasteiger partial charge on any atom is 0.417 e. The largest absolute Gasteiger partial charge is 0.507 e. The standard InChI is InChI=1S/C23H22F3N5O3/c1-3-18(33)30-8-7-29-10-15-21(34-11-14(29)9-30)13(2)20(31-12-27-28-22(15)31)19-16(23(24,25)26)5-4-6-17(19)32/h3-6,12,14,32H,1,7-11H2,2H3/t14-/m1/s1. The number of pyridine rings is 1. The first-order valence-corrected chi connectivity index (χ1v) is 10.7. The second-order valence-corrected chi connectivity index (χ2v) is 8.43. The number of aromatic nitrogens is 3. The second-order valence-electron chi connectivity index (χ2n) is 8.43. The molecule has 1 aromatic carbocycles. The van der Waals surface area contributed by atoms with Crippen LogP contribution >= 0.6 is 0 Å². The van der Waals surface area contributed by atoms with Crippen molar-refractivity contribution in [1.82, 2.24) is 24.4 Å². The minimum absolute atomic E-state index is 0.105. The van der Waals surface area contributed by atoms with Crippen LogP contribution in [-0.2, 0) is 17.5 Å². The minimum atomic E-state index is -4.68. The summed E-state index contributed by atoms with van der Waals surface area (Å²) in [6.45, 7) is 7.47. The Kier molecular flexibility index (Phi) is 5.23. The van der Waals surface area contributed by atoms with E-state index in [4.69, 9.17) is 4.74 Å². The van der Waals surface area contributed by atoms with Crippen LogP contribution in [0.15, 0.2) is 37.2 Å². The Morgan fingerprint density at radius 1 is 1.32 bits per heavy atom. The van der Waals surface area contributed by atoms with Gasteiger partial charge in [0.2, 0.25) is 5.91 Å². The van der Waals surface area contributed by atoms with Crippen molar-refractivity contribution in [3.8, 4) is 22.8 Å². The third kappa shape index (κ3) is 3.47. The lowest BCUT2D eigenvalue weighted by molar-refractivity contribution is -0.137. The summed E-state index contributed by atoms with van der Waals surface area (Å²) in [5.74, 6) is -0.237. The molecular weight excluding hydrogens is 451 g/mol. The number of alkyl halides is 3. The zero-order valence-electron chi connectivity index (χ0n) is 18.3. The van der Waals surface area contributed by atoms with E-state index in [9.17, 15) is 23.1 Å².